The van der Waals surface area contributed by atoms with Gasteiger partial charge in [-0.15, -0.1) is 0 Å². The first-order chi connectivity index (χ1) is 6.27. The standard InChI is InChI=1S/C8H6N2O3/c11-7-1-6(8(7)12)9-2-5-3-13-4-10-5/h1,3-4,9H,2H2. The first-order valence-corrected chi connectivity index (χ1v) is 3.68. The van der Waals surface area contributed by atoms with Gasteiger partial charge < -0.3 is 9.73 Å². The lowest BCUT2D eigenvalue weighted by atomic mass is 10.2. The summed E-state index contributed by atoms with van der Waals surface area (Å²) in [7, 11) is 0. The molecular formula is C8H6N2O3. The maximum absolute atomic E-state index is 10.8. The van der Waals surface area contributed by atoms with Crippen LogP contribution in [-0.2, 0) is 6.54 Å². The first kappa shape index (κ1) is 7.72. The molecule has 2 aromatic rings. The van der Waals surface area contributed by atoms with Crippen LogP contribution in [0.3, 0.4) is 0 Å². The fourth-order valence-corrected chi connectivity index (χ4v) is 0.959. The molecule has 1 aromatic heterocycles. The van der Waals surface area contributed by atoms with Crippen LogP contribution in [0.5, 0.6) is 0 Å². The summed E-state index contributed by atoms with van der Waals surface area (Å²) < 4.78 is 4.72. The van der Waals surface area contributed by atoms with E-state index in [0.717, 1.165) is 0 Å². The van der Waals surface area contributed by atoms with Crippen LogP contribution in [-0.4, -0.2) is 4.98 Å². The lowest BCUT2D eigenvalue weighted by Gasteiger charge is -2.02. The fraction of sp³-hybridized carbons (Fsp3) is 0.125. The van der Waals surface area contributed by atoms with Crippen molar-refractivity contribution < 1.29 is 4.42 Å². The molecule has 1 N–H and O–H groups in total. The molecule has 2 rings (SSSR count). The largest absolute Gasteiger partial charge is 0.451 e. The molecule has 0 atom stereocenters. The Balaban J connectivity index is 1.99. The van der Waals surface area contributed by atoms with Gasteiger partial charge >= 0.3 is 0 Å². The van der Waals surface area contributed by atoms with Gasteiger partial charge in [0, 0.05) is 6.07 Å². The third-order valence-electron chi connectivity index (χ3n) is 1.69. The summed E-state index contributed by atoms with van der Waals surface area (Å²) in [4.78, 5) is 25.1. The molecule has 0 spiro atoms. The summed E-state index contributed by atoms with van der Waals surface area (Å²) in [5.74, 6) is 0. The molecule has 0 unspecified atom stereocenters. The molecule has 0 fully saturated rings. The van der Waals surface area contributed by atoms with E-state index < -0.39 is 10.9 Å². The van der Waals surface area contributed by atoms with Crippen molar-refractivity contribution >= 4 is 5.69 Å². The predicted molar refractivity (Wildman–Crippen MR) is 45.2 cm³/mol. The normalized spacial score (nSPS) is 10.5. The Bertz CT molecular complexity index is 465. The van der Waals surface area contributed by atoms with Gasteiger partial charge in [-0.2, -0.15) is 0 Å². The number of hydrogen-bond donors (Lipinski definition) is 1. The Hall–Kier alpha value is -1.91. The average Bonchev–Trinajstić information content (AvgIpc) is 2.64. The lowest BCUT2D eigenvalue weighted by molar-refractivity contribution is 0.556. The highest BCUT2D eigenvalue weighted by molar-refractivity contribution is 5.47. The third kappa shape index (κ3) is 1.35. The molecule has 0 bridgehead atoms. The number of anilines is 1. The molecule has 0 amide bonds. The maximum atomic E-state index is 10.8. The van der Waals surface area contributed by atoms with Crippen LogP contribution >= 0.6 is 0 Å². The predicted octanol–water partition coefficient (Wildman–Crippen LogP) is -0.117. The maximum Gasteiger partial charge on any atom is 0.248 e. The molecule has 0 radical (unpaired) electrons. The number of rotatable bonds is 3. The minimum atomic E-state index is -0.469. The van der Waals surface area contributed by atoms with Crippen molar-refractivity contribution in [3.05, 3.63) is 44.9 Å². The Morgan fingerprint density at radius 3 is 2.85 bits per heavy atom. The summed E-state index contributed by atoms with van der Waals surface area (Å²) in [6.45, 7) is 0.390. The van der Waals surface area contributed by atoms with E-state index in [2.05, 4.69) is 10.3 Å². The van der Waals surface area contributed by atoms with Crippen LogP contribution in [0.15, 0.2) is 32.7 Å². The van der Waals surface area contributed by atoms with E-state index in [1.807, 2.05) is 0 Å². The second-order valence-electron chi connectivity index (χ2n) is 2.58. The molecule has 66 valence electrons. The van der Waals surface area contributed by atoms with E-state index >= 15 is 0 Å². The molecule has 1 heterocycles. The molecule has 13 heavy (non-hydrogen) atoms. The van der Waals surface area contributed by atoms with Crippen LogP contribution in [0, 0.1) is 0 Å². The SMILES string of the molecule is O=c1cc(NCc2cocn2)c1=O. The zero-order valence-electron chi connectivity index (χ0n) is 6.61. The van der Waals surface area contributed by atoms with E-state index in [4.69, 9.17) is 4.42 Å². The highest BCUT2D eigenvalue weighted by Crippen LogP contribution is 2.00. The molecule has 5 heteroatoms. The highest BCUT2D eigenvalue weighted by atomic mass is 16.3. The smallest absolute Gasteiger partial charge is 0.248 e. The fourth-order valence-electron chi connectivity index (χ4n) is 0.959. The van der Waals surface area contributed by atoms with Crippen LogP contribution in [0.25, 0.3) is 0 Å². The van der Waals surface area contributed by atoms with Gasteiger partial charge in [0.25, 0.3) is 0 Å². The summed E-state index contributed by atoms with van der Waals surface area (Å²) in [6, 6.07) is 1.27. The molecule has 0 aliphatic carbocycles. The van der Waals surface area contributed by atoms with Gasteiger partial charge in [-0.05, 0) is 0 Å². The Kier molecular flexibility index (Phi) is 1.70. The van der Waals surface area contributed by atoms with Crippen molar-refractivity contribution in [1.29, 1.82) is 0 Å². The van der Waals surface area contributed by atoms with Crippen LogP contribution in [0.2, 0.25) is 0 Å². The summed E-state index contributed by atoms with van der Waals surface area (Å²) in [5, 5.41) is 2.77. The Morgan fingerprint density at radius 1 is 1.46 bits per heavy atom. The number of nitrogens with one attached hydrogen (secondary N) is 1. The average molecular weight is 178 g/mol. The third-order valence-corrected chi connectivity index (χ3v) is 1.69. The van der Waals surface area contributed by atoms with Gasteiger partial charge in [-0.3, -0.25) is 9.59 Å². The number of aromatic nitrogens is 1. The Labute approximate surface area is 72.7 Å². The highest BCUT2D eigenvalue weighted by Gasteiger charge is 2.08. The number of hydrogen-bond acceptors (Lipinski definition) is 5. The van der Waals surface area contributed by atoms with Gasteiger partial charge in [0.05, 0.1) is 17.9 Å². The van der Waals surface area contributed by atoms with E-state index in [1.54, 1.807) is 0 Å². The van der Waals surface area contributed by atoms with Crippen molar-refractivity contribution in [2.75, 3.05) is 5.32 Å². The Morgan fingerprint density at radius 2 is 2.31 bits per heavy atom. The topological polar surface area (TPSA) is 72.2 Å². The quantitative estimate of drug-likeness (QED) is 0.663. The molecule has 0 aliphatic rings. The molecular weight excluding hydrogens is 172 g/mol. The van der Waals surface area contributed by atoms with Crippen molar-refractivity contribution in [3.63, 3.8) is 0 Å². The zero-order valence-corrected chi connectivity index (χ0v) is 6.61. The monoisotopic (exact) mass is 178 g/mol. The first-order valence-electron chi connectivity index (χ1n) is 3.68. The van der Waals surface area contributed by atoms with Gasteiger partial charge in [-0.25, -0.2) is 4.98 Å². The zero-order chi connectivity index (χ0) is 9.26. The van der Waals surface area contributed by atoms with Gasteiger partial charge in [0.2, 0.25) is 10.9 Å². The molecule has 1 aromatic carbocycles. The minimum Gasteiger partial charge on any atom is -0.451 e. The van der Waals surface area contributed by atoms with E-state index in [9.17, 15) is 9.59 Å². The van der Waals surface area contributed by atoms with Gasteiger partial charge in [-0.1, -0.05) is 0 Å². The number of nitrogens with zero attached hydrogens (tertiary/aromatic N) is 1. The molecule has 0 aliphatic heterocycles. The van der Waals surface area contributed by atoms with Crippen LogP contribution in [0.1, 0.15) is 5.69 Å². The summed E-state index contributed by atoms with van der Waals surface area (Å²) in [6.07, 6.45) is 2.78. The molecule has 0 saturated heterocycles. The van der Waals surface area contributed by atoms with E-state index in [1.165, 1.54) is 18.7 Å². The number of oxazole rings is 1. The van der Waals surface area contributed by atoms with Crippen LogP contribution < -0.4 is 16.2 Å². The minimum absolute atomic E-state index is 0.341. The molecule has 0 saturated carbocycles. The lowest BCUT2D eigenvalue weighted by Crippen LogP contribution is -2.32. The second-order valence-corrected chi connectivity index (χ2v) is 2.58. The van der Waals surface area contributed by atoms with Crippen LogP contribution in [0.4, 0.5) is 5.69 Å². The van der Waals surface area contributed by atoms with Crippen molar-refractivity contribution in [2.45, 2.75) is 6.54 Å². The van der Waals surface area contributed by atoms with E-state index in [0.29, 0.717) is 17.9 Å². The van der Waals surface area contributed by atoms with Crippen molar-refractivity contribution in [1.82, 2.24) is 4.98 Å². The molecule has 5 nitrogen and oxygen atoms in total. The van der Waals surface area contributed by atoms with Gasteiger partial charge in [0.1, 0.15) is 6.26 Å². The van der Waals surface area contributed by atoms with Gasteiger partial charge in [0.15, 0.2) is 6.39 Å². The van der Waals surface area contributed by atoms with E-state index in [-0.39, 0.29) is 0 Å². The van der Waals surface area contributed by atoms with Crippen molar-refractivity contribution in [2.24, 2.45) is 0 Å². The summed E-state index contributed by atoms with van der Waals surface area (Å²) >= 11 is 0. The van der Waals surface area contributed by atoms with Crippen molar-refractivity contribution in [3.8, 4) is 0 Å². The second kappa shape index (κ2) is 2.85. The summed E-state index contributed by atoms with van der Waals surface area (Å²) in [5.41, 5.74) is 0.104.